The maximum absolute atomic E-state index is 13.9. The second kappa shape index (κ2) is 7.88. The van der Waals surface area contributed by atoms with Crippen LogP contribution in [0.25, 0.3) is 0 Å². The molecule has 6 nitrogen and oxygen atoms in total. The lowest BCUT2D eigenvalue weighted by atomic mass is 10.0. The lowest BCUT2D eigenvalue weighted by Gasteiger charge is -2.35. The highest BCUT2D eigenvalue weighted by atomic mass is 19.2. The molecule has 138 valence electrons. The summed E-state index contributed by atoms with van der Waals surface area (Å²) in [6.45, 7) is 3.89. The molecule has 1 aliphatic rings. The van der Waals surface area contributed by atoms with E-state index in [0.29, 0.717) is 13.1 Å². The number of carbonyl (C=O) groups is 2. The average Bonchev–Trinajstić information content (AvgIpc) is 2.54. The highest BCUT2D eigenvalue weighted by molar-refractivity contribution is 5.89. The Morgan fingerprint density at radius 3 is 2.84 bits per heavy atom. The fraction of sp³-hybridized carbons (Fsp3) is 0.529. The van der Waals surface area contributed by atoms with Gasteiger partial charge in [0.1, 0.15) is 0 Å². The summed E-state index contributed by atoms with van der Waals surface area (Å²) in [7, 11) is 0. The van der Waals surface area contributed by atoms with Crippen molar-refractivity contribution in [3.05, 3.63) is 35.4 Å². The molecule has 1 atom stereocenters. The lowest BCUT2D eigenvalue weighted by molar-refractivity contribution is -0.135. The molecule has 25 heavy (non-hydrogen) atoms. The maximum Gasteiger partial charge on any atom is 0.237 e. The van der Waals surface area contributed by atoms with Crippen LogP contribution in [0.2, 0.25) is 0 Å². The minimum absolute atomic E-state index is 0.0261. The lowest BCUT2D eigenvalue weighted by Crippen LogP contribution is -2.57. The fourth-order valence-electron chi connectivity index (χ4n) is 2.71. The van der Waals surface area contributed by atoms with Crippen LogP contribution in [0.4, 0.5) is 8.78 Å². The standard InChI is InChI=1S/C17H23F2N3O3/c1-17(2,10-23)21-14(24)8-13-16(25)20-6-7-22(13)9-11-4-3-5-12(18)15(11)19/h3-5,13,23H,6-10H2,1-2H3,(H,20,25)(H,21,24)/t13-/m1/s1. The van der Waals surface area contributed by atoms with E-state index >= 15 is 0 Å². The third-order valence-corrected chi connectivity index (χ3v) is 4.10. The van der Waals surface area contributed by atoms with Crippen LogP contribution in [0.1, 0.15) is 25.8 Å². The first-order valence-electron chi connectivity index (χ1n) is 8.10. The Balaban J connectivity index is 2.11. The molecule has 8 heteroatoms. The summed E-state index contributed by atoms with van der Waals surface area (Å²) in [6, 6.07) is 3.11. The molecule has 0 bridgehead atoms. The van der Waals surface area contributed by atoms with Crippen LogP contribution in [0, 0.1) is 11.6 Å². The number of halogens is 2. The summed E-state index contributed by atoms with van der Waals surface area (Å²) >= 11 is 0. The molecular weight excluding hydrogens is 332 g/mol. The van der Waals surface area contributed by atoms with E-state index in [1.54, 1.807) is 18.7 Å². The van der Waals surface area contributed by atoms with Crippen LogP contribution in [0.3, 0.4) is 0 Å². The molecule has 0 radical (unpaired) electrons. The van der Waals surface area contributed by atoms with Crippen LogP contribution in [0.15, 0.2) is 18.2 Å². The van der Waals surface area contributed by atoms with E-state index in [1.807, 2.05) is 0 Å². The highest BCUT2D eigenvalue weighted by Gasteiger charge is 2.33. The molecule has 0 spiro atoms. The predicted octanol–water partition coefficient (Wildman–Crippen LogP) is 0.542. The molecular formula is C17H23F2N3O3. The second-order valence-electron chi connectivity index (χ2n) is 6.78. The van der Waals surface area contributed by atoms with Crippen molar-refractivity contribution in [1.29, 1.82) is 0 Å². The van der Waals surface area contributed by atoms with Gasteiger partial charge >= 0.3 is 0 Å². The molecule has 1 aromatic carbocycles. The van der Waals surface area contributed by atoms with E-state index in [9.17, 15) is 23.5 Å². The van der Waals surface area contributed by atoms with Gasteiger partial charge in [-0.2, -0.15) is 0 Å². The van der Waals surface area contributed by atoms with Crippen LogP contribution >= 0.6 is 0 Å². The third kappa shape index (κ3) is 4.96. The summed E-state index contributed by atoms with van der Waals surface area (Å²) in [5, 5.41) is 14.5. The Morgan fingerprint density at radius 1 is 1.44 bits per heavy atom. The van der Waals surface area contributed by atoms with Gasteiger partial charge in [-0.1, -0.05) is 12.1 Å². The highest BCUT2D eigenvalue weighted by Crippen LogP contribution is 2.18. The number of benzene rings is 1. The number of nitrogens with one attached hydrogen (secondary N) is 2. The Bertz CT molecular complexity index is 652. The first kappa shape index (κ1) is 19.3. The first-order chi connectivity index (χ1) is 11.7. The summed E-state index contributed by atoms with van der Waals surface area (Å²) in [4.78, 5) is 26.0. The number of nitrogens with zero attached hydrogens (tertiary/aromatic N) is 1. The molecule has 3 N–H and O–H groups in total. The Morgan fingerprint density at radius 2 is 2.16 bits per heavy atom. The number of aliphatic hydroxyl groups excluding tert-OH is 1. The van der Waals surface area contributed by atoms with Gasteiger partial charge in [-0.25, -0.2) is 8.78 Å². The van der Waals surface area contributed by atoms with Gasteiger partial charge in [0.25, 0.3) is 0 Å². The maximum atomic E-state index is 13.9. The summed E-state index contributed by atoms with van der Waals surface area (Å²) in [5.41, 5.74) is -0.669. The minimum Gasteiger partial charge on any atom is -0.394 e. The van der Waals surface area contributed by atoms with E-state index in [-0.39, 0.29) is 31.0 Å². The molecule has 0 aromatic heterocycles. The molecule has 1 saturated heterocycles. The van der Waals surface area contributed by atoms with Gasteiger partial charge in [0.15, 0.2) is 11.6 Å². The number of carbonyl (C=O) groups excluding carboxylic acids is 2. The normalized spacial score (nSPS) is 18.8. The zero-order chi connectivity index (χ0) is 18.6. The van der Waals surface area contributed by atoms with E-state index in [1.165, 1.54) is 12.1 Å². The predicted molar refractivity (Wildman–Crippen MR) is 87.5 cm³/mol. The quantitative estimate of drug-likeness (QED) is 0.696. The molecule has 1 heterocycles. The van der Waals surface area contributed by atoms with Crippen molar-refractivity contribution >= 4 is 11.8 Å². The number of piperazine rings is 1. The molecule has 2 rings (SSSR count). The molecule has 0 aliphatic carbocycles. The summed E-state index contributed by atoms with van der Waals surface area (Å²) < 4.78 is 27.3. The van der Waals surface area contributed by atoms with Crippen molar-refractivity contribution in [2.45, 2.75) is 38.4 Å². The zero-order valence-corrected chi connectivity index (χ0v) is 14.3. The SMILES string of the molecule is CC(C)(CO)NC(=O)C[C@@H]1C(=O)NCCN1Cc1cccc(F)c1F. The van der Waals surface area contributed by atoms with Crippen molar-refractivity contribution in [3.8, 4) is 0 Å². The Hall–Kier alpha value is -2.06. The van der Waals surface area contributed by atoms with Gasteiger partial charge in [0.05, 0.1) is 24.6 Å². The molecule has 0 unspecified atom stereocenters. The molecule has 2 amide bonds. The number of amides is 2. The third-order valence-electron chi connectivity index (χ3n) is 4.10. The van der Waals surface area contributed by atoms with Crippen LogP contribution in [0.5, 0.6) is 0 Å². The van der Waals surface area contributed by atoms with Crippen molar-refractivity contribution in [1.82, 2.24) is 15.5 Å². The molecule has 1 aromatic rings. The fourth-order valence-corrected chi connectivity index (χ4v) is 2.71. The van der Waals surface area contributed by atoms with Crippen molar-refractivity contribution in [2.24, 2.45) is 0 Å². The number of rotatable bonds is 6. The van der Waals surface area contributed by atoms with Gasteiger partial charge in [-0.15, -0.1) is 0 Å². The van der Waals surface area contributed by atoms with E-state index in [2.05, 4.69) is 10.6 Å². The van der Waals surface area contributed by atoms with Crippen molar-refractivity contribution in [3.63, 3.8) is 0 Å². The molecule has 1 aliphatic heterocycles. The largest absolute Gasteiger partial charge is 0.394 e. The van der Waals surface area contributed by atoms with Crippen LogP contribution in [-0.4, -0.2) is 53.1 Å². The zero-order valence-electron chi connectivity index (χ0n) is 14.3. The smallest absolute Gasteiger partial charge is 0.237 e. The number of hydrogen-bond donors (Lipinski definition) is 3. The summed E-state index contributed by atoms with van der Waals surface area (Å²) in [5.74, 6) is -2.62. The van der Waals surface area contributed by atoms with Gasteiger partial charge in [0.2, 0.25) is 11.8 Å². The van der Waals surface area contributed by atoms with E-state index in [0.717, 1.165) is 6.07 Å². The van der Waals surface area contributed by atoms with E-state index < -0.39 is 29.1 Å². The molecule has 1 fully saturated rings. The topological polar surface area (TPSA) is 81.7 Å². The van der Waals surface area contributed by atoms with Crippen molar-refractivity contribution in [2.75, 3.05) is 19.7 Å². The minimum atomic E-state index is -0.946. The Kier molecular flexibility index (Phi) is 6.07. The van der Waals surface area contributed by atoms with Crippen LogP contribution < -0.4 is 10.6 Å². The average molecular weight is 355 g/mol. The van der Waals surface area contributed by atoms with Gasteiger partial charge in [-0.05, 0) is 19.9 Å². The second-order valence-corrected chi connectivity index (χ2v) is 6.78. The van der Waals surface area contributed by atoms with Gasteiger partial charge < -0.3 is 15.7 Å². The summed E-state index contributed by atoms with van der Waals surface area (Å²) in [6.07, 6.45) is -0.133. The number of aliphatic hydroxyl groups is 1. The molecule has 0 saturated carbocycles. The van der Waals surface area contributed by atoms with Crippen LogP contribution in [-0.2, 0) is 16.1 Å². The first-order valence-corrected chi connectivity index (χ1v) is 8.10. The van der Waals surface area contributed by atoms with E-state index in [4.69, 9.17) is 0 Å². The van der Waals surface area contributed by atoms with Gasteiger partial charge in [-0.3, -0.25) is 14.5 Å². The number of hydrogen-bond acceptors (Lipinski definition) is 4. The monoisotopic (exact) mass is 355 g/mol. The van der Waals surface area contributed by atoms with Gasteiger partial charge in [0, 0.05) is 25.2 Å². The Labute approximate surface area is 145 Å². The van der Waals surface area contributed by atoms with Crippen molar-refractivity contribution < 1.29 is 23.5 Å².